The summed E-state index contributed by atoms with van der Waals surface area (Å²) in [6, 6.07) is 7.59. The Morgan fingerprint density at radius 2 is 2.07 bits per heavy atom. The number of hydrogen-bond acceptors (Lipinski definition) is 6. The smallest absolute Gasteiger partial charge is 0.323 e. The monoisotopic (exact) mass is 387 g/mol. The number of urea groups is 1. The third-order valence-electron chi connectivity index (χ3n) is 5.55. The molecular formula is C19H25N5O2S. The van der Waals surface area contributed by atoms with Crippen LogP contribution in [0.15, 0.2) is 24.3 Å². The van der Waals surface area contributed by atoms with Crippen molar-refractivity contribution in [1.29, 1.82) is 0 Å². The predicted octanol–water partition coefficient (Wildman–Crippen LogP) is 3.16. The maximum Gasteiger partial charge on any atom is 0.323 e. The molecule has 0 saturated carbocycles. The minimum absolute atomic E-state index is 0.0807. The van der Waals surface area contributed by atoms with E-state index in [1.807, 2.05) is 29.2 Å². The molecule has 2 amide bonds. The average Bonchev–Trinajstić information content (AvgIpc) is 3.29. The van der Waals surface area contributed by atoms with E-state index in [4.69, 9.17) is 4.74 Å². The van der Waals surface area contributed by atoms with Gasteiger partial charge in [-0.25, -0.2) is 4.79 Å². The lowest BCUT2D eigenvalue weighted by Gasteiger charge is -2.38. The first-order chi connectivity index (χ1) is 13.1. The summed E-state index contributed by atoms with van der Waals surface area (Å²) < 4.78 is 5.38. The number of piperidine rings is 1. The van der Waals surface area contributed by atoms with Gasteiger partial charge in [0.05, 0.1) is 12.7 Å². The van der Waals surface area contributed by atoms with Gasteiger partial charge in [0.1, 0.15) is 5.75 Å². The van der Waals surface area contributed by atoms with Crippen LogP contribution in [0.2, 0.25) is 0 Å². The Balaban J connectivity index is 1.42. The molecule has 0 aliphatic carbocycles. The van der Waals surface area contributed by atoms with Gasteiger partial charge in [0, 0.05) is 25.0 Å². The third kappa shape index (κ3) is 3.77. The van der Waals surface area contributed by atoms with Crippen LogP contribution in [-0.2, 0) is 0 Å². The van der Waals surface area contributed by atoms with Crippen LogP contribution in [0.1, 0.15) is 19.3 Å². The highest BCUT2D eigenvalue weighted by molar-refractivity contribution is 7.18. The minimum atomic E-state index is -0.0807. The molecule has 2 aromatic rings. The van der Waals surface area contributed by atoms with Crippen molar-refractivity contribution in [2.24, 2.45) is 5.41 Å². The van der Waals surface area contributed by atoms with Gasteiger partial charge in [-0.05, 0) is 45.0 Å². The molecule has 7 nitrogen and oxygen atoms in total. The van der Waals surface area contributed by atoms with Crippen molar-refractivity contribution < 1.29 is 9.53 Å². The van der Waals surface area contributed by atoms with E-state index < -0.39 is 0 Å². The number of nitrogens with one attached hydrogen (secondary N) is 1. The summed E-state index contributed by atoms with van der Waals surface area (Å²) >= 11 is 1.36. The number of rotatable bonds is 3. The normalized spacial score (nSPS) is 23.0. The highest BCUT2D eigenvalue weighted by atomic mass is 32.1. The van der Waals surface area contributed by atoms with Gasteiger partial charge in [-0.3, -0.25) is 5.32 Å². The van der Waals surface area contributed by atoms with Crippen molar-refractivity contribution >= 4 is 22.5 Å². The molecule has 27 heavy (non-hydrogen) atoms. The number of methoxy groups -OCH3 is 1. The van der Waals surface area contributed by atoms with Crippen molar-refractivity contribution in [2.75, 3.05) is 45.7 Å². The van der Waals surface area contributed by atoms with E-state index in [0.717, 1.165) is 48.9 Å². The molecule has 2 fully saturated rings. The van der Waals surface area contributed by atoms with E-state index in [1.54, 1.807) is 7.11 Å². The number of para-hydroxylation sites is 1. The zero-order valence-electron chi connectivity index (χ0n) is 15.8. The molecule has 2 aliphatic heterocycles. The molecule has 1 atom stereocenters. The summed E-state index contributed by atoms with van der Waals surface area (Å²) in [5, 5.41) is 12.5. The van der Waals surface area contributed by atoms with Crippen molar-refractivity contribution in [1.82, 2.24) is 20.0 Å². The molecule has 144 valence electrons. The van der Waals surface area contributed by atoms with Crippen LogP contribution in [0.3, 0.4) is 0 Å². The Labute approximate surface area is 163 Å². The molecule has 4 rings (SSSR count). The number of carbonyl (C=O) groups is 1. The van der Waals surface area contributed by atoms with Crippen LogP contribution in [0.4, 0.5) is 9.93 Å². The zero-order chi connectivity index (χ0) is 18.9. The lowest BCUT2D eigenvalue weighted by atomic mass is 9.79. The van der Waals surface area contributed by atoms with Gasteiger partial charge < -0.3 is 14.5 Å². The first-order valence-corrected chi connectivity index (χ1v) is 10.1. The Kier molecular flexibility index (Phi) is 5.01. The number of likely N-dealkylation sites (tertiary alicyclic amines) is 2. The summed E-state index contributed by atoms with van der Waals surface area (Å²) in [4.78, 5) is 17.0. The fourth-order valence-corrected chi connectivity index (χ4v) is 5.03. The van der Waals surface area contributed by atoms with Gasteiger partial charge in [0.25, 0.3) is 0 Å². The second-order valence-corrected chi connectivity index (χ2v) is 8.53. The van der Waals surface area contributed by atoms with Gasteiger partial charge in [-0.2, -0.15) is 0 Å². The van der Waals surface area contributed by atoms with E-state index in [2.05, 4.69) is 27.5 Å². The first-order valence-electron chi connectivity index (χ1n) is 9.30. The molecule has 2 aliphatic rings. The maximum atomic E-state index is 12.7. The maximum absolute atomic E-state index is 12.7. The Bertz CT molecular complexity index is 826. The molecule has 2 saturated heterocycles. The second-order valence-electron chi connectivity index (χ2n) is 7.56. The minimum Gasteiger partial charge on any atom is -0.496 e. The largest absolute Gasteiger partial charge is 0.496 e. The van der Waals surface area contributed by atoms with E-state index in [0.29, 0.717) is 5.13 Å². The highest BCUT2D eigenvalue weighted by Gasteiger charge is 2.42. The van der Waals surface area contributed by atoms with Gasteiger partial charge in [0.2, 0.25) is 5.13 Å². The van der Waals surface area contributed by atoms with Crippen LogP contribution >= 0.6 is 11.3 Å². The van der Waals surface area contributed by atoms with Gasteiger partial charge in [-0.1, -0.05) is 23.5 Å². The molecule has 1 aromatic carbocycles. The topological polar surface area (TPSA) is 70.6 Å². The number of amides is 2. The number of carbonyl (C=O) groups excluding carboxylic acids is 1. The molecular weight excluding hydrogens is 362 g/mol. The number of benzene rings is 1. The Morgan fingerprint density at radius 1 is 1.22 bits per heavy atom. The number of hydrogen-bond donors (Lipinski definition) is 1. The average molecular weight is 388 g/mol. The highest BCUT2D eigenvalue weighted by Crippen LogP contribution is 2.39. The first kappa shape index (κ1) is 18.2. The van der Waals surface area contributed by atoms with Crippen LogP contribution in [0.25, 0.3) is 10.6 Å². The Morgan fingerprint density at radius 3 is 2.89 bits per heavy atom. The summed E-state index contributed by atoms with van der Waals surface area (Å²) in [5.41, 5.74) is 1.14. The fourth-order valence-electron chi connectivity index (χ4n) is 4.27. The van der Waals surface area contributed by atoms with Gasteiger partial charge in [-0.15, -0.1) is 10.2 Å². The quantitative estimate of drug-likeness (QED) is 0.876. The zero-order valence-corrected chi connectivity index (χ0v) is 16.6. The van der Waals surface area contributed by atoms with Crippen LogP contribution in [0.5, 0.6) is 5.75 Å². The fraction of sp³-hybridized carbons (Fsp3) is 0.526. The number of aromatic nitrogens is 2. The SMILES string of the molecule is COc1ccccc1-c1nnc(NC(=O)N2CCC3(CCCN(C)C3)C2)s1. The summed E-state index contributed by atoms with van der Waals surface area (Å²) in [7, 11) is 3.80. The van der Waals surface area contributed by atoms with Crippen molar-refractivity contribution in [3.8, 4) is 16.3 Å². The second kappa shape index (κ2) is 7.44. The lowest BCUT2D eigenvalue weighted by molar-refractivity contribution is 0.117. The molecule has 0 bridgehead atoms. The van der Waals surface area contributed by atoms with Gasteiger partial charge in [0.15, 0.2) is 5.01 Å². The number of anilines is 1. The molecule has 1 unspecified atom stereocenters. The lowest BCUT2D eigenvalue weighted by Crippen LogP contribution is -2.44. The molecule has 1 aromatic heterocycles. The number of ether oxygens (including phenoxy) is 1. The summed E-state index contributed by atoms with van der Waals surface area (Å²) in [6.45, 7) is 3.86. The summed E-state index contributed by atoms with van der Waals surface area (Å²) in [5.74, 6) is 0.745. The molecule has 3 heterocycles. The van der Waals surface area contributed by atoms with E-state index in [9.17, 15) is 4.79 Å². The standard InChI is InChI=1S/C19H25N5O2S/c1-23-10-5-8-19(12-23)9-11-24(13-19)18(25)20-17-22-21-16(27-17)14-6-3-4-7-15(14)26-2/h3-4,6-7H,5,8-13H2,1-2H3,(H,20,22,25). The van der Waals surface area contributed by atoms with E-state index in [1.165, 1.54) is 24.2 Å². The molecule has 1 N–H and O–H groups in total. The summed E-state index contributed by atoms with van der Waals surface area (Å²) in [6.07, 6.45) is 3.50. The Hall–Kier alpha value is -2.19. The van der Waals surface area contributed by atoms with Crippen LogP contribution < -0.4 is 10.1 Å². The molecule has 1 spiro atoms. The number of nitrogens with zero attached hydrogens (tertiary/aromatic N) is 4. The predicted molar refractivity (Wildman–Crippen MR) is 106 cm³/mol. The van der Waals surface area contributed by atoms with Gasteiger partial charge >= 0.3 is 6.03 Å². The van der Waals surface area contributed by atoms with Crippen molar-refractivity contribution in [3.63, 3.8) is 0 Å². The van der Waals surface area contributed by atoms with E-state index >= 15 is 0 Å². The van der Waals surface area contributed by atoms with Crippen LogP contribution in [0, 0.1) is 5.41 Å². The van der Waals surface area contributed by atoms with E-state index in [-0.39, 0.29) is 11.4 Å². The van der Waals surface area contributed by atoms with Crippen molar-refractivity contribution in [3.05, 3.63) is 24.3 Å². The molecule has 8 heteroatoms. The third-order valence-corrected chi connectivity index (χ3v) is 6.43. The molecule has 0 radical (unpaired) electrons. The van der Waals surface area contributed by atoms with Crippen molar-refractivity contribution in [2.45, 2.75) is 19.3 Å². The van der Waals surface area contributed by atoms with Crippen LogP contribution in [-0.4, -0.2) is 66.4 Å².